The summed E-state index contributed by atoms with van der Waals surface area (Å²) in [5.41, 5.74) is 2.73. The van der Waals surface area contributed by atoms with E-state index >= 15 is 0 Å². The Bertz CT molecular complexity index is 807. The molecule has 6 heteroatoms. The fourth-order valence-corrected chi connectivity index (χ4v) is 3.54. The molecule has 27 heavy (non-hydrogen) atoms. The van der Waals surface area contributed by atoms with Crippen LogP contribution < -0.4 is 10.6 Å². The van der Waals surface area contributed by atoms with E-state index in [4.69, 9.17) is 11.6 Å². The number of likely N-dealkylation sites (tertiary alicyclic amines) is 1. The number of halogens is 1. The van der Waals surface area contributed by atoms with Gasteiger partial charge in [0.25, 0.3) is 5.91 Å². The molecule has 5 nitrogen and oxygen atoms in total. The summed E-state index contributed by atoms with van der Waals surface area (Å²) < 4.78 is 0. The first-order valence-electron chi connectivity index (χ1n) is 9.16. The molecule has 1 aliphatic heterocycles. The average molecular weight is 386 g/mol. The number of carbonyl (C=O) groups excluding carboxylic acids is 2. The van der Waals surface area contributed by atoms with Crippen LogP contribution >= 0.6 is 11.6 Å². The fraction of sp³-hybridized carbons (Fsp3) is 0.333. The fourth-order valence-electron chi connectivity index (χ4n) is 3.41. The molecule has 0 spiro atoms. The molecule has 2 aromatic carbocycles. The molecule has 0 aliphatic carbocycles. The highest BCUT2D eigenvalue weighted by Gasteiger charge is 2.24. The van der Waals surface area contributed by atoms with E-state index in [1.54, 1.807) is 7.05 Å². The van der Waals surface area contributed by atoms with Crippen molar-refractivity contribution in [2.45, 2.75) is 25.3 Å². The SMILES string of the molecule is CNC(=O)N1CCC[C@@H](c2cccc(C(=O)NCc3ccc(Cl)cc3)c2)C1. The lowest BCUT2D eigenvalue weighted by molar-refractivity contribution is 0.0950. The maximum Gasteiger partial charge on any atom is 0.317 e. The normalized spacial score (nSPS) is 16.7. The minimum Gasteiger partial charge on any atom is -0.348 e. The van der Waals surface area contributed by atoms with Gasteiger partial charge in [-0.05, 0) is 48.2 Å². The largest absolute Gasteiger partial charge is 0.348 e. The van der Waals surface area contributed by atoms with E-state index in [9.17, 15) is 9.59 Å². The second-order valence-corrected chi connectivity index (χ2v) is 7.21. The molecule has 0 radical (unpaired) electrons. The summed E-state index contributed by atoms with van der Waals surface area (Å²) in [5, 5.41) is 6.31. The summed E-state index contributed by atoms with van der Waals surface area (Å²) in [6, 6.07) is 15.1. The van der Waals surface area contributed by atoms with Gasteiger partial charge in [0.1, 0.15) is 0 Å². The number of hydrogen-bond donors (Lipinski definition) is 2. The van der Waals surface area contributed by atoms with Gasteiger partial charge in [-0.3, -0.25) is 4.79 Å². The summed E-state index contributed by atoms with van der Waals surface area (Å²) in [4.78, 5) is 26.3. The van der Waals surface area contributed by atoms with Gasteiger partial charge in [-0.1, -0.05) is 35.9 Å². The maximum atomic E-state index is 12.5. The highest BCUT2D eigenvalue weighted by Crippen LogP contribution is 2.27. The Kier molecular flexibility index (Phi) is 6.35. The van der Waals surface area contributed by atoms with Crippen molar-refractivity contribution in [3.8, 4) is 0 Å². The average Bonchev–Trinajstić information content (AvgIpc) is 2.72. The predicted octanol–water partition coefficient (Wildman–Crippen LogP) is 3.79. The summed E-state index contributed by atoms with van der Waals surface area (Å²) in [6.45, 7) is 1.90. The Balaban J connectivity index is 1.64. The molecule has 1 fully saturated rings. The lowest BCUT2D eigenvalue weighted by Crippen LogP contribution is -2.43. The van der Waals surface area contributed by atoms with Crippen LogP contribution in [-0.4, -0.2) is 37.0 Å². The number of hydrogen-bond acceptors (Lipinski definition) is 2. The number of urea groups is 1. The van der Waals surface area contributed by atoms with Gasteiger partial charge in [0, 0.05) is 43.2 Å². The van der Waals surface area contributed by atoms with Gasteiger partial charge in [-0.25, -0.2) is 4.79 Å². The molecule has 142 valence electrons. The van der Waals surface area contributed by atoms with Crippen LogP contribution in [0, 0.1) is 0 Å². The summed E-state index contributed by atoms with van der Waals surface area (Å²) >= 11 is 5.88. The zero-order valence-electron chi connectivity index (χ0n) is 15.4. The van der Waals surface area contributed by atoms with Crippen LogP contribution in [0.1, 0.15) is 40.2 Å². The van der Waals surface area contributed by atoms with Crippen LogP contribution in [0.25, 0.3) is 0 Å². The first-order valence-corrected chi connectivity index (χ1v) is 9.54. The van der Waals surface area contributed by atoms with Gasteiger partial charge in [0.15, 0.2) is 0 Å². The highest BCUT2D eigenvalue weighted by molar-refractivity contribution is 6.30. The molecular weight excluding hydrogens is 362 g/mol. The Labute approximate surface area is 164 Å². The predicted molar refractivity (Wildman–Crippen MR) is 107 cm³/mol. The van der Waals surface area contributed by atoms with Crippen molar-refractivity contribution in [2.24, 2.45) is 0 Å². The number of piperidine rings is 1. The molecule has 0 aromatic heterocycles. The van der Waals surface area contributed by atoms with Crippen LogP contribution in [0.4, 0.5) is 4.79 Å². The third kappa shape index (κ3) is 5.01. The molecule has 0 bridgehead atoms. The van der Waals surface area contributed by atoms with Gasteiger partial charge in [0.05, 0.1) is 0 Å². The van der Waals surface area contributed by atoms with Gasteiger partial charge < -0.3 is 15.5 Å². The van der Waals surface area contributed by atoms with Crippen molar-refractivity contribution < 1.29 is 9.59 Å². The minimum absolute atomic E-state index is 0.0448. The number of nitrogens with zero attached hydrogens (tertiary/aromatic N) is 1. The van der Waals surface area contributed by atoms with Crippen LogP contribution in [0.15, 0.2) is 48.5 Å². The van der Waals surface area contributed by atoms with Crippen LogP contribution in [0.3, 0.4) is 0 Å². The quantitative estimate of drug-likeness (QED) is 0.841. The third-order valence-corrected chi connectivity index (χ3v) is 5.16. The number of rotatable bonds is 4. The first kappa shape index (κ1) is 19.2. The van der Waals surface area contributed by atoms with Crippen LogP contribution in [0.2, 0.25) is 5.02 Å². The zero-order valence-corrected chi connectivity index (χ0v) is 16.1. The summed E-state index contributed by atoms with van der Waals surface area (Å²) in [5.74, 6) is 0.144. The smallest absolute Gasteiger partial charge is 0.317 e. The molecule has 2 N–H and O–H groups in total. The molecule has 0 unspecified atom stereocenters. The Morgan fingerprint density at radius 2 is 1.96 bits per heavy atom. The van der Waals surface area contributed by atoms with Gasteiger partial charge >= 0.3 is 6.03 Å². The van der Waals surface area contributed by atoms with E-state index < -0.39 is 0 Å². The second-order valence-electron chi connectivity index (χ2n) is 6.77. The Hall–Kier alpha value is -2.53. The van der Waals surface area contributed by atoms with Gasteiger partial charge in [0.2, 0.25) is 0 Å². The van der Waals surface area contributed by atoms with Crippen molar-refractivity contribution in [1.82, 2.24) is 15.5 Å². The summed E-state index contributed by atoms with van der Waals surface area (Å²) in [7, 11) is 1.65. The molecule has 0 saturated carbocycles. The van der Waals surface area contributed by atoms with E-state index in [1.165, 1.54) is 0 Å². The Morgan fingerprint density at radius 1 is 1.19 bits per heavy atom. The maximum absolute atomic E-state index is 12.5. The number of carbonyl (C=O) groups is 2. The van der Waals surface area contributed by atoms with Crippen molar-refractivity contribution >= 4 is 23.5 Å². The van der Waals surface area contributed by atoms with E-state index in [0.717, 1.165) is 30.5 Å². The molecular formula is C21H24ClN3O2. The molecule has 1 heterocycles. The lowest BCUT2D eigenvalue weighted by atomic mass is 9.89. The Morgan fingerprint density at radius 3 is 2.70 bits per heavy atom. The van der Waals surface area contributed by atoms with E-state index in [1.807, 2.05) is 53.4 Å². The number of benzene rings is 2. The van der Waals surface area contributed by atoms with Crippen molar-refractivity contribution in [3.63, 3.8) is 0 Å². The van der Waals surface area contributed by atoms with Gasteiger partial charge in [-0.2, -0.15) is 0 Å². The van der Waals surface area contributed by atoms with Crippen molar-refractivity contribution in [3.05, 3.63) is 70.2 Å². The monoisotopic (exact) mass is 385 g/mol. The minimum atomic E-state index is -0.106. The molecule has 1 saturated heterocycles. The molecule has 3 amide bonds. The van der Waals surface area contributed by atoms with Crippen molar-refractivity contribution in [2.75, 3.05) is 20.1 Å². The molecule has 3 rings (SSSR count). The number of amides is 3. The van der Waals surface area contributed by atoms with E-state index in [0.29, 0.717) is 23.7 Å². The highest BCUT2D eigenvalue weighted by atomic mass is 35.5. The van der Waals surface area contributed by atoms with E-state index in [-0.39, 0.29) is 17.9 Å². The van der Waals surface area contributed by atoms with Gasteiger partial charge in [-0.15, -0.1) is 0 Å². The molecule has 1 aliphatic rings. The number of nitrogens with one attached hydrogen (secondary N) is 2. The van der Waals surface area contributed by atoms with E-state index in [2.05, 4.69) is 10.6 Å². The third-order valence-electron chi connectivity index (χ3n) is 4.91. The second kappa shape index (κ2) is 8.91. The topological polar surface area (TPSA) is 61.4 Å². The first-order chi connectivity index (χ1) is 13.1. The molecule has 2 aromatic rings. The lowest BCUT2D eigenvalue weighted by Gasteiger charge is -2.32. The van der Waals surface area contributed by atoms with Crippen LogP contribution in [-0.2, 0) is 6.54 Å². The molecule has 1 atom stereocenters. The van der Waals surface area contributed by atoms with Crippen molar-refractivity contribution in [1.29, 1.82) is 0 Å². The standard InChI is InChI=1S/C21H24ClN3O2/c1-23-21(27)25-11-3-6-18(14-25)16-4-2-5-17(12-16)20(26)24-13-15-7-9-19(22)10-8-15/h2,4-5,7-10,12,18H,3,6,11,13-14H2,1H3,(H,23,27)(H,24,26)/t18-/m1/s1. The summed E-state index contributed by atoms with van der Waals surface area (Å²) in [6.07, 6.45) is 1.98. The van der Waals surface area contributed by atoms with Crippen LogP contribution in [0.5, 0.6) is 0 Å². The zero-order chi connectivity index (χ0) is 19.2.